The number of hydrogen-bond donors (Lipinski definition) is 0. The van der Waals surface area contributed by atoms with Crippen molar-refractivity contribution >= 4 is 63.4 Å². The zero-order valence-electron chi connectivity index (χ0n) is 21.0. The molecule has 0 bridgehead atoms. The van der Waals surface area contributed by atoms with Gasteiger partial charge in [0.05, 0.1) is 17.9 Å². The van der Waals surface area contributed by atoms with Gasteiger partial charge >= 0.3 is 10.8 Å². The molecular weight excluding hydrogens is 559 g/mol. The molecule has 1 aromatic heterocycles. The first-order valence-corrected chi connectivity index (χ1v) is 15.5. The smallest absolute Gasteiger partial charge is 0.325 e. The Morgan fingerprint density at radius 1 is 1.08 bits per heavy atom. The van der Waals surface area contributed by atoms with E-state index in [-0.39, 0.29) is 26.6 Å². The van der Waals surface area contributed by atoms with Gasteiger partial charge in [0.25, 0.3) is 5.24 Å². The van der Waals surface area contributed by atoms with Crippen LogP contribution in [0.25, 0.3) is 0 Å². The topological polar surface area (TPSA) is 85.9 Å². The third kappa shape index (κ3) is 8.62. The van der Waals surface area contributed by atoms with Crippen LogP contribution < -0.4 is 9.67 Å². The molecule has 4 rings (SSSR count). The minimum absolute atomic E-state index is 0.0605. The first-order chi connectivity index (χ1) is 17.8. The number of nitrogens with zero attached hydrogens (tertiary/aromatic N) is 4. The highest BCUT2D eigenvalue weighted by Crippen LogP contribution is 2.33. The standard InChI is InChI=1S/C15H15ClFN3O3S2.C9H17NOS/c1-23-13(21)8-24-12-7-11(10(17)6-9(12)16)18-14-19-4-2-3-5-20(19)15(22)25-14;1-2-12-9(11)10-7-5-3-4-6-8-10/h6-7H,2-5,8H2,1H3;2-8H2,1H3/b18-14-;. The number of esters is 1. The van der Waals surface area contributed by atoms with E-state index in [1.807, 2.05) is 11.8 Å². The first-order valence-electron chi connectivity index (χ1n) is 12.3. The highest BCUT2D eigenvalue weighted by atomic mass is 35.5. The maximum Gasteiger partial charge on any atom is 0.325 e. The normalized spacial score (nSPS) is 15.9. The molecular formula is C24H32ClFN4O4S3. The van der Waals surface area contributed by atoms with Crippen LogP contribution in [0.3, 0.4) is 0 Å². The Kier molecular flexibility index (Phi) is 12.1. The number of fused-ring (bicyclic) bond motifs is 1. The maximum atomic E-state index is 14.3. The lowest BCUT2D eigenvalue weighted by molar-refractivity contribution is -0.137. The molecule has 0 atom stereocenters. The third-order valence-electron chi connectivity index (χ3n) is 5.81. The summed E-state index contributed by atoms with van der Waals surface area (Å²) in [7, 11) is 1.30. The van der Waals surface area contributed by atoms with Crippen LogP contribution in [0.15, 0.2) is 26.8 Å². The van der Waals surface area contributed by atoms with E-state index >= 15 is 0 Å². The van der Waals surface area contributed by atoms with Gasteiger partial charge in [-0.25, -0.2) is 14.1 Å². The zero-order valence-corrected chi connectivity index (χ0v) is 24.2. The van der Waals surface area contributed by atoms with Gasteiger partial charge in [0.15, 0.2) is 0 Å². The lowest BCUT2D eigenvalue weighted by atomic mass is 10.2. The summed E-state index contributed by atoms with van der Waals surface area (Å²) in [5, 5.41) is 0.476. The number of benzene rings is 1. The molecule has 2 aliphatic rings. The molecule has 1 fully saturated rings. The average molecular weight is 591 g/mol. The Hall–Kier alpha value is -1.76. The van der Waals surface area contributed by atoms with Gasteiger partial charge in [-0.15, -0.1) is 11.8 Å². The summed E-state index contributed by atoms with van der Waals surface area (Å²) in [5.41, 5.74) is 0.0829. The molecule has 0 spiro atoms. The summed E-state index contributed by atoms with van der Waals surface area (Å²) in [4.78, 5) is 41.9. The van der Waals surface area contributed by atoms with Gasteiger partial charge in [-0.3, -0.25) is 19.1 Å². The summed E-state index contributed by atoms with van der Waals surface area (Å²) < 4.78 is 22.3. The summed E-state index contributed by atoms with van der Waals surface area (Å²) in [6, 6.07) is 2.64. The summed E-state index contributed by atoms with van der Waals surface area (Å²) in [5.74, 6) is -0.0251. The Labute approximate surface area is 233 Å². The van der Waals surface area contributed by atoms with Gasteiger partial charge in [0.2, 0.25) is 4.80 Å². The molecule has 2 aliphatic heterocycles. The molecule has 0 N–H and O–H groups in total. The molecule has 8 nitrogen and oxygen atoms in total. The number of aromatic nitrogens is 2. The van der Waals surface area contributed by atoms with Crippen molar-refractivity contribution in [1.29, 1.82) is 0 Å². The largest absolute Gasteiger partial charge is 0.468 e. The van der Waals surface area contributed by atoms with Crippen LogP contribution >= 0.6 is 46.5 Å². The number of hydrogen-bond acceptors (Lipinski definition) is 8. The maximum absolute atomic E-state index is 14.3. The lowest BCUT2D eigenvalue weighted by Gasteiger charge is -2.18. The number of carbonyl (C=O) groups is 2. The minimum Gasteiger partial charge on any atom is -0.468 e. The van der Waals surface area contributed by atoms with E-state index in [1.54, 1.807) is 9.36 Å². The van der Waals surface area contributed by atoms with Gasteiger partial charge in [0.1, 0.15) is 11.5 Å². The number of likely N-dealkylation sites (tertiary alicyclic amines) is 1. The predicted molar refractivity (Wildman–Crippen MR) is 149 cm³/mol. The van der Waals surface area contributed by atoms with Crippen LogP contribution in [0.5, 0.6) is 0 Å². The van der Waals surface area contributed by atoms with Crippen LogP contribution in [0, 0.1) is 5.82 Å². The Bertz CT molecular complexity index is 1210. The van der Waals surface area contributed by atoms with Crippen molar-refractivity contribution in [3.05, 3.63) is 37.4 Å². The molecule has 1 aromatic carbocycles. The predicted octanol–water partition coefficient (Wildman–Crippen LogP) is 5.53. The fraction of sp³-hybridized carbons (Fsp3) is 0.583. The van der Waals surface area contributed by atoms with E-state index in [0.29, 0.717) is 22.8 Å². The van der Waals surface area contributed by atoms with Crippen molar-refractivity contribution < 1.29 is 18.7 Å². The van der Waals surface area contributed by atoms with Crippen molar-refractivity contribution in [1.82, 2.24) is 14.3 Å². The monoisotopic (exact) mass is 590 g/mol. The number of rotatable bonds is 5. The summed E-state index contributed by atoms with van der Waals surface area (Å²) in [6.45, 7) is 5.31. The summed E-state index contributed by atoms with van der Waals surface area (Å²) in [6.07, 6.45) is 6.86. The van der Waals surface area contributed by atoms with E-state index in [9.17, 15) is 18.8 Å². The number of methoxy groups -OCH3 is 1. The van der Waals surface area contributed by atoms with Crippen LogP contribution in [0.1, 0.15) is 45.4 Å². The SMILES string of the molecule is CCSC(=O)N1CCCCCC1.COC(=O)CSc1cc(/N=c2\sc(=O)n3n2CCCC3)c(F)cc1Cl. The second-order valence-corrected chi connectivity index (χ2v) is 12.0. The fourth-order valence-corrected chi connectivity index (χ4v) is 6.50. The van der Waals surface area contributed by atoms with E-state index < -0.39 is 11.8 Å². The van der Waals surface area contributed by atoms with Crippen molar-refractivity contribution in [3.8, 4) is 0 Å². The van der Waals surface area contributed by atoms with Gasteiger partial charge in [0, 0.05) is 31.1 Å². The number of thioether (sulfide) groups is 2. The Morgan fingerprint density at radius 2 is 1.73 bits per heavy atom. The van der Waals surface area contributed by atoms with Crippen molar-refractivity contribution in [2.45, 2.75) is 63.4 Å². The number of ether oxygens (including phenoxy) is 1. The van der Waals surface area contributed by atoms with Gasteiger partial charge in [-0.05, 0) is 54.9 Å². The van der Waals surface area contributed by atoms with Crippen LogP contribution in [0.2, 0.25) is 5.02 Å². The van der Waals surface area contributed by atoms with E-state index in [4.69, 9.17) is 11.6 Å². The average Bonchev–Trinajstić information content (AvgIpc) is 3.05. The molecule has 0 unspecified atom stereocenters. The molecule has 2 aromatic rings. The molecule has 13 heteroatoms. The van der Waals surface area contributed by atoms with Crippen LogP contribution in [0.4, 0.5) is 14.9 Å². The third-order valence-corrected chi connectivity index (χ3v) is 8.93. The Morgan fingerprint density at radius 3 is 2.38 bits per heavy atom. The molecule has 37 heavy (non-hydrogen) atoms. The lowest BCUT2D eigenvalue weighted by Crippen LogP contribution is -2.31. The van der Waals surface area contributed by atoms with Gasteiger partial charge in [-0.2, -0.15) is 0 Å². The first kappa shape index (κ1) is 29.8. The molecule has 0 aliphatic carbocycles. The molecule has 1 saturated heterocycles. The zero-order chi connectivity index (χ0) is 26.8. The second kappa shape index (κ2) is 15.0. The fourth-order valence-electron chi connectivity index (χ4n) is 3.90. The minimum atomic E-state index is -0.580. The second-order valence-electron chi connectivity index (χ2n) is 8.41. The van der Waals surface area contributed by atoms with Crippen LogP contribution in [-0.4, -0.2) is 57.2 Å². The number of halogens is 2. The van der Waals surface area contributed by atoms with Crippen molar-refractivity contribution in [2.24, 2.45) is 4.99 Å². The van der Waals surface area contributed by atoms with Crippen molar-refractivity contribution in [2.75, 3.05) is 31.7 Å². The quantitative estimate of drug-likeness (QED) is 0.336. The molecule has 0 saturated carbocycles. The Balaban J connectivity index is 0.000000266. The van der Waals surface area contributed by atoms with Crippen molar-refractivity contribution in [3.63, 3.8) is 0 Å². The highest BCUT2D eigenvalue weighted by Gasteiger charge is 2.16. The number of amides is 1. The molecule has 3 heterocycles. The molecule has 0 radical (unpaired) electrons. The van der Waals surface area contributed by atoms with Gasteiger partial charge < -0.3 is 9.64 Å². The molecule has 1 amide bonds. The number of carbonyl (C=O) groups excluding carboxylic acids is 2. The highest BCUT2D eigenvalue weighted by molar-refractivity contribution is 8.13. The molecule has 204 valence electrons. The van der Waals surface area contributed by atoms with Gasteiger partial charge in [-0.1, -0.05) is 43.1 Å². The summed E-state index contributed by atoms with van der Waals surface area (Å²) >= 11 is 9.61. The van der Waals surface area contributed by atoms with Crippen LogP contribution in [-0.2, 0) is 22.6 Å². The van der Waals surface area contributed by atoms with E-state index in [0.717, 1.165) is 60.8 Å². The van der Waals surface area contributed by atoms with E-state index in [1.165, 1.54) is 50.6 Å². The van der Waals surface area contributed by atoms with E-state index in [2.05, 4.69) is 9.73 Å².